The van der Waals surface area contributed by atoms with Crippen molar-refractivity contribution in [2.75, 3.05) is 0 Å². The number of rotatable bonds is 3. The van der Waals surface area contributed by atoms with Crippen LogP contribution < -0.4 is 4.74 Å². The van der Waals surface area contributed by atoms with Crippen molar-refractivity contribution in [2.24, 2.45) is 0 Å². The lowest BCUT2D eigenvalue weighted by atomic mass is 10.2. The number of hydrogen-bond donors (Lipinski definition) is 1. The average molecular weight is 250 g/mol. The molecule has 0 bridgehead atoms. The normalized spacial score (nSPS) is 10.3. The van der Waals surface area contributed by atoms with Crippen molar-refractivity contribution in [1.82, 2.24) is 4.98 Å². The maximum atomic E-state index is 9.09. The van der Waals surface area contributed by atoms with Crippen LogP contribution in [0.15, 0.2) is 36.5 Å². The molecule has 0 amide bonds. The van der Waals surface area contributed by atoms with Crippen molar-refractivity contribution in [1.29, 1.82) is 0 Å². The molecule has 0 saturated heterocycles. The highest BCUT2D eigenvalue weighted by Gasteiger charge is 2.04. The van der Waals surface area contributed by atoms with Gasteiger partial charge in [0.25, 0.3) is 0 Å². The number of pyridine rings is 1. The van der Waals surface area contributed by atoms with E-state index in [1.54, 1.807) is 6.07 Å². The highest BCUT2D eigenvalue weighted by Crippen LogP contribution is 2.24. The van der Waals surface area contributed by atoms with Gasteiger partial charge in [-0.15, -0.1) is 0 Å². The van der Waals surface area contributed by atoms with Crippen molar-refractivity contribution in [3.63, 3.8) is 0 Å². The third kappa shape index (κ3) is 2.96. The van der Waals surface area contributed by atoms with Gasteiger partial charge in [0.1, 0.15) is 5.75 Å². The zero-order valence-electron chi connectivity index (χ0n) is 9.35. The molecule has 0 spiro atoms. The number of ether oxygens (including phenoxy) is 1. The minimum absolute atomic E-state index is 0.133. The summed E-state index contributed by atoms with van der Waals surface area (Å²) in [6.07, 6.45) is 1.47. The number of aliphatic hydroxyl groups is 1. The lowest BCUT2D eigenvalue weighted by Crippen LogP contribution is -1.92. The quantitative estimate of drug-likeness (QED) is 0.907. The van der Waals surface area contributed by atoms with Gasteiger partial charge >= 0.3 is 0 Å². The van der Waals surface area contributed by atoms with Gasteiger partial charge in [0.2, 0.25) is 5.88 Å². The molecule has 17 heavy (non-hydrogen) atoms. The molecule has 0 aliphatic heterocycles. The first-order chi connectivity index (χ1) is 8.19. The van der Waals surface area contributed by atoms with Crippen LogP contribution in [0.4, 0.5) is 0 Å². The second-order valence-electron chi connectivity index (χ2n) is 3.69. The molecule has 2 aromatic rings. The summed E-state index contributed by atoms with van der Waals surface area (Å²) in [6, 6.07) is 9.29. The predicted molar refractivity (Wildman–Crippen MR) is 66.4 cm³/mol. The largest absolute Gasteiger partial charge is 0.439 e. The second-order valence-corrected chi connectivity index (χ2v) is 4.10. The standard InChI is InChI=1S/C13H12ClNO2/c1-9-3-2-4-11(5-9)17-13-6-10(8-16)12(14)7-15-13/h2-7,16H,8H2,1H3. The minimum atomic E-state index is -0.133. The lowest BCUT2D eigenvalue weighted by Gasteiger charge is -2.07. The number of aromatic nitrogens is 1. The fourth-order valence-corrected chi connectivity index (χ4v) is 1.60. The number of benzene rings is 1. The van der Waals surface area contributed by atoms with Gasteiger partial charge in [-0.1, -0.05) is 23.7 Å². The molecule has 2 rings (SSSR count). The van der Waals surface area contributed by atoms with E-state index in [-0.39, 0.29) is 6.61 Å². The van der Waals surface area contributed by atoms with Gasteiger partial charge in [-0.05, 0) is 24.6 Å². The Kier molecular flexibility index (Phi) is 3.61. The van der Waals surface area contributed by atoms with Crippen LogP contribution in [-0.4, -0.2) is 10.1 Å². The summed E-state index contributed by atoms with van der Waals surface area (Å²) in [5, 5.41) is 9.52. The van der Waals surface area contributed by atoms with E-state index in [1.165, 1.54) is 6.20 Å². The van der Waals surface area contributed by atoms with E-state index in [0.717, 1.165) is 5.56 Å². The molecule has 1 aromatic heterocycles. The number of aryl methyl sites for hydroxylation is 1. The van der Waals surface area contributed by atoms with E-state index in [0.29, 0.717) is 22.2 Å². The van der Waals surface area contributed by atoms with Crippen LogP contribution in [0.5, 0.6) is 11.6 Å². The first-order valence-electron chi connectivity index (χ1n) is 5.19. The summed E-state index contributed by atoms with van der Waals surface area (Å²) in [5.41, 5.74) is 1.71. The molecular weight excluding hydrogens is 238 g/mol. The number of hydrogen-bond acceptors (Lipinski definition) is 3. The minimum Gasteiger partial charge on any atom is -0.439 e. The number of aliphatic hydroxyl groups excluding tert-OH is 1. The average Bonchev–Trinajstić information content (AvgIpc) is 2.32. The summed E-state index contributed by atoms with van der Waals surface area (Å²) < 4.78 is 5.58. The number of nitrogens with zero attached hydrogens (tertiary/aromatic N) is 1. The third-order valence-electron chi connectivity index (χ3n) is 2.29. The predicted octanol–water partition coefficient (Wildman–Crippen LogP) is 3.33. The summed E-state index contributed by atoms with van der Waals surface area (Å²) >= 11 is 5.85. The molecule has 3 nitrogen and oxygen atoms in total. The molecule has 1 heterocycles. The van der Waals surface area contributed by atoms with E-state index in [9.17, 15) is 0 Å². The van der Waals surface area contributed by atoms with Crippen molar-refractivity contribution in [3.8, 4) is 11.6 Å². The van der Waals surface area contributed by atoms with Crippen LogP contribution in [0.1, 0.15) is 11.1 Å². The smallest absolute Gasteiger partial charge is 0.219 e. The maximum absolute atomic E-state index is 9.09. The van der Waals surface area contributed by atoms with Gasteiger partial charge in [0.05, 0.1) is 11.6 Å². The molecule has 0 aliphatic rings. The molecule has 0 aliphatic carbocycles. The zero-order valence-corrected chi connectivity index (χ0v) is 10.1. The lowest BCUT2D eigenvalue weighted by molar-refractivity contribution is 0.281. The number of halogens is 1. The molecule has 0 atom stereocenters. The Morgan fingerprint density at radius 3 is 2.88 bits per heavy atom. The Labute approximate surface area is 105 Å². The molecule has 0 saturated carbocycles. The van der Waals surface area contributed by atoms with Crippen molar-refractivity contribution in [2.45, 2.75) is 13.5 Å². The van der Waals surface area contributed by atoms with Crippen molar-refractivity contribution < 1.29 is 9.84 Å². The van der Waals surface area contributed by atoms with Crippen LogP contribution in [-0.2, 0) is 6.61 Å². The molecular formula is C13H12ClNO2. The fraction of sp³-hybridized carbons (Fsp3) is 0.154. The van der Waals surface area contributed by atoms with E-state index < -0.39 is 0 Å². The molecule has 4 heteroatoms. The van der Waals surface area contributed by atoms with Gasteiger partial charge in [0, 0.05) is 17.8 Å². The van der Waals surface area contributed by atoms with Crippen molar-refractivity contribution in [3.05, 3.63) is 52.7 Å². The summed E-state index contributed by atoms with van der Waals surface area (Å²) in [6.45, 7) is 1.85. The molecule has 0 unspecified atom stereocenters. The topological polar surface area (TPSA) is 42.4 Å². The Hall–Kier alpha value is -1.58. The van der Waals surface area contributed by atoms with E-state index in [1.807, 2.05) is 31.2 Å². The van der Waals surface area contributed by atoms with Gasteiger partial charge in [-0.3, -0.25) is 0 Å². The van der Waals surface area contributed by atoms with Crippen LogP contribution in [0.25, 0.3) is 0 Å². The van der Waals surface area contributed by atoms with Gasteiger partial charge in [-0.25, -0.2) is 4.98 Å². The Morgan fingerprint density at radius 2 is 2.18 bits per heavy atom. The third-order valence-corrected chi connectivity index (χ3v) is 2.63. The first kappa shape index (κ1) is 11.9. The summed E-state index contributed by atoms with van der Waals surface area (Å²) in [7, 11) is 0. The maximum Gasteiger partial charge on any atom is 0.219 e. The monoisotopic (exact) mass is 249 g/mol. The van der Waals surface area contributed by atoms with Crippen LogP contribution in [0.3, 0.4) is 0 Å². The second kappa shape index (κ2) is 5.17. The fourth-order valence-electron chi connectivity index (χ4n) is 1.44. The molecule has 88 valence electrons. The highest BCUT2D eigenvalue weighted by molar-refractivity contribution is 6.31. The zero-order chi connectivity index (χ0) is 12.3. The van der Waals surface area contributed by atoms with E-state index >= 15 is 0 Å². The van der Waals surface area contributed by atoms with Crippen molar-refractivity contribution >= 4 is 11.6 Å². The Balaban J connectivity index is 2.24. The van der Waals surface area contributed by atoms with Crippen LogP contribution in [0, 0.1) is 6.92 Å². The highest BCUT2D eigenvalue weighted by atomic mass is 35.5. The molecule has 0 fully saturated rings. The van der Waals surface area contributed by atoms with Gasteiger partial charge in [-0.2, -0.15) is 0 Å². The summed E-state index contributed by atoms with van der Waals surface area (Å²) in [4.78, 5) is 4.05. The Morgan fingerprint density at radius 1 is 1.35 bits per heavy atom. The molecule has 0 radical (unpaired) electrons. The SMILES string of the molecule is Cc1cccc(Oc2cc(CO)c(Cl)cn2)c1. The Bertz CT molecular complexity index is 529. The van der Waals surface area contributed by atoms with E-state index in [2.05, 4.69) is 4.98 Å². The van der Waals surface area contributed by atoms with E-state index in [4.69, 9.17) is 21.4 Å². The molecule has 1 N–H and O–H groups in total. The van der Waals surface area contributed by atoms with Gasteiger partial charge < -0.3 is 9.84 Å². The molecule has 1 aromatic carbocycles. The van der Waals surface area contributed by atoms with Crippen LogP contribution in [0.2, 0.25) is 5.02 Å². The van der Waals surface area contributed by atoms with Gasteiger partial charge in [0.15, 0.2) is 0 Å². The first-order valence-corrected chi connectivity index (χ1v) is 5.56. The van der Waals surface area contributed by atoms with Crippen LogP contribution >= 0.6 is 11.6 Å². The summed E-state index contributed by atoms with van der Waals surface area (Å²) in [5.74, 6) is 1.13.